The highest BCUT2D eigenvalue weighted by Crippen LogP contribution is 2.46. The molecular formula is C14H25NO. The molecule has 2 nitrogen and oxygen atoms in total. The summed E-state index contributed by atoms with van der Waals surface area (Å²) in [5.41, 5.74) is -0.298. The van der Waals surface area contributed by atoms with Crippen molar-refractivity contribution < 1.29 is 5.11 Å². The Bertz CT molecular complexity index is 259. The molecule has 92 valence electrons. The van der Waals surface area contributed by atoms with E-state index in [1.807, 2.05) is 0 Å². The van der Waals surface area contributed by atoms with E-state index in [1.54, 1.807) is 0 Å². The molecule has 2 aliphatic heterocycles. The van der Waals surface area contributed by atoms with Crippen LogP contribution in [0.25, 0.3) is 0 Å². The van der Waals surface area contributed by atoms with Crippen LogP contribution in [0.1, 0.15) is 45.4 Å². The molecule has 0 amide bonds. The van der Waals surface area contributed by atoms with Crippen molar-refractivity contribution in [3.05, 3.63) is 0 Å². The number of fused-ring (bicyclic) bond motifs is 2. The molecular weight excluding hydrogens is 198 g/mol. The maximum atomic E-state index is 11.0. The summed E-state index contributed by atoms with van der Waals surface area (Å²) >= 11 is 0. The molecule has 3 unspecified atom stereocenters. The Morgan fingerprint density at radius 2 is 1.75 bits per heavy atom. The van der Waals surface area contributed by atoms with Crippen LogP contribution in [0.15, 0.2) is 0 Å². The van der Waals surface area contributed by atoms with Crippen LogP contribution >= 0.6 is 0 Å². The van der Waals surface area contributed by atoms with Gasteiger partial charge in [0.2, 0.25) is 0 Å². The first-order valence-corrected chi connectivity index (χ1v) is 7.13. The van der Waals surface area contributed by atoms with Crippen LogP contribution in [0.2, 0.25) is 0 Å². The van der Waals surface area contributed by atoms with E-state index in [0.29, 0.717) is 11.8 Å². The molecule has 0 spiro atoms. The van der Waals surface area contributed by atoms with E-state index in [-0.39, 0.29) is 5.60 Å². The second kappa shape index (κ2) is 3.99. The van der Waals surface area contributed by atoms with Crippen molar-refractivity contribution in [3.8, 4) is 0 Å². The Hall–Kier alpha value is -0.0800. The zero-order valence-electron chi connectivity index (χ0n) is 10.5. The van der Waals surface area contributed by atoms with Gasteiger partial charge in [0.05, 0.1) is 5.60 Å². The van der Waals surface area contributed by atoms with Crippen molar-refractivity contribution in [2.24, 2.45) is 17.8 Å². The summed E-state index contributed by atoms with van der Waals surface area (Å²) < 4.78 is 0. The Morgan fingerprint density at radius 1 is 1.00 bits per heavy atom. The average Bonchev–Trinajstić information content (AvgIpc) is 2.70. The van der Waals surface area contributed by atoms with Crippen LogP contribution in [0, 0.1) is 17.8 Å². The van der Waals surface area contributed by atoms with Crippen molar-refractivity contribution in [2.75, 3.05) is 19.6 Å². The summed E-state index contributed by atoms with van der Waals surface area (Å²) in [5.74, 6) is 2.08. The van der Waals surface area contributed by atoms with Gasteiger partial charge in [-0.15, -0.1) is 0 Å². The van der Waals surface area contributed by atoms with Gasteiger partial charge in [-0.3, -0.25) is 0 Å². The number of hydrogen-bond donors (Lipinski definition) is 1. The summed E-state index contributed by atoms with van der Waals surface area (Å²) in [5, 5.41) is 11.0. The second-order valence-corrected chi connectivity index (χ2v) is 6.48. The minimum Gasteiger partial charge on any atom is -0.389 e. The predicted molar refractivity (Wildman–Crippen MR) is 65.2 cm³/mol. The monoisotopic (exact) mass is 223 g/mol. The van der Waals surface area contributed by atoms with Gasteiger partial charge in [0.25, 0.3) is 0 Å². The van der Waals surface area contributed by atoms with Crippen molar-refractivity contribution >= 4 is 0 Å². The maximum Gasteiger partial charge on any atom is 0.0728 e. The normalized spacial score (nSPS) is 52.9. The van der Waals surface area contributed by atoms with Gasteiger partial charge < -0.3 is 10.0 Å². The number of nitrogens with zero attached hydrogens (tertiary/aromatic N) is 1. The third-order valence-electron chi connectivity index (χ3n) is 5.53. The summed E-state index contributed by atoms with van der Waals surface area (Å²) in [6.07, 6.45) is 7.49. The van der Waals surface area contributed by atoms with Crippen molar-refractivity contribution in [2.45, 2.75) is 51.0 Å². The van der Waals surface area contributed by atoms with Crippen molar-refractivity contribution in [1.29, 1.82) is 0 Å². The van der Waals surface area contributed by atoms with Gasteiger partial charge in [0, 0.05) is 19.0 Å². The van der Waals surface area contributed by atoms with Crippen molar-refractivity contribution in [3.63, 3.8) is 0 Å². The highest BCUT2D eigenvalue weighted by Gasteiger charge is 2.49. The van der Waals surface area contributed by atoms with Crippen LogP contribution < -0.4 is 0 Å². The number of piperidine rings is 1. The van der Waals surface area contributed by atoms with E-state index in [9.17, 15) is 5.11 Å². The molecule has 2 saturated heterocycles. The fourth-order valence-corrected chi connectivity index (χ4v) is 4.28. The van der Waals surface area contributed by atoms with Crippen LogP contribution in [0.5, 0.6) is 0 Å². The first-order chi connectivity index (χ1) is 7.68. The van der Waals surface area contributed by atoms with E-state index in [1.165, 1.54) is 45.2 Å². The van der Waals surface area contributed by atoms with Gasteiger partial charge in [-0.25, -0.2) is 0 Å². The Labute approximate surface area is 99.0 Å². The molecule has 1 aliphatic carbocycles. The molecule has 2 heterocycles. The molecule has 1 saturated carbocycles. The van der Waals surface area contributed by atoms with Crippen LogP contribution in [0.4, 0.5) is 0 Å². The summed E-state index contributed by atoms with van der Waals surface area (Å²) in [4.78, 5) is 2.53. The van der Waals surface area contributed by atoms with Crippen LogP contribution in [-0.4, -0.2) is 35.2 Å². The molecule has 2 heteroatoms. The summed E-state index contributed by atoms with van der Waals surface area (Å²) in [7, 11) is 0. The molecule has 16 heavy (non-hydrogen) atoms. The molecule has 0 aromatic rings. The zero-order valence-corrected chi connectivity index (χ0v) is 10.5. The number of hydrogen-bond acceptors (Lipinski definition) is 2. The van der Waals surface area contributed by atoms with E-state index >= 15 is 0 Å². The summed E-state index contributed by atoms with van der Waals surface area (Å²) in [6, 6.07) is 0. The Balaban J connectivity index is 1.72. The Morgan fingerprint density at radius 3 is 2.50 bits per heavy atom. The molecule has 3 fully saturated rings. The largest absolute Gasteiger partial charge is 0.389 e. The minimum absolute atomic E-state index is 0.298. The summed E-state index contributed by atoms with van der Waals surface area (Å²) in [6.45, 7) is 5.90. The van der Waals surface area contributed by atoms with Gasteiger partial charge in [0.1, 0.15) is 0 Å². The standard InChI is InChI=1S/C14H25NO/c1-11-2-4-12(5-3-11)14(16)7-9-15-8-6-13(14)10-15/h11-13,16H,2-10H2,1H3. The predicted octanol–water partition coefficient (Wildman–Crippen LogP) is 2.27. The van der Waals surface area contributed by atoms with Gasteiger partial charge in [0.15, 0.2) is 0 Å². The highest BCUT2D eigenvalue weighted by molar-refractivity contribution is 5.01. The first-order valence-electron chi connectivity index (χ1n) is 7.13. The molecule has 0 radical (unpaired) electrons. The molecule has 1 N–H and O–H groups in total. The van der Waals surface area contributed by atoms with Crippen LogP contribution in [-0.2, 0) is 0 Å². The SMILES string of the molecule is CC1CCC(C2(O)CCN3CCC2C3)CC1. The van der Waals surface area contributed by atoms with E-state index in [2.05, 4.69) is 11.8 Å². The van der Waals surface area contributed by atoms with Crippen molar-refractivity contribution in [1.82, 2.24) is 4.90 Å². The average molecular weight is 223 g/mol. The third-order valence-corrected chi connectivity index (χ3v) is 5.53. The van der Waals surface area contributed by atoms with Gasteiger partial charge >= 0.3 is 0 Å². The minimum atomic E-state index is -0.298. The molecule has 3 rings (SSSR count). The molecule has 0 aromatic carbocycles. The lowest BCUT2D eigenvalue weighted by atomic mass is 9.66. The second-order valence-electron chi connectivity index (χ2n) is 6.48. The van der Waals surface area contributed by atoms with E-state index in [4.69, 9.17) is 0 Å². The molecule has 0 aromatic heterocycles. The third kappa shape index (κ3) is 1.70. The topological polar surface area (TPSA) is 23.5 Å². The van der Waals surface area contributed by atoms with Gasteiger partial charge in [-0.2, -0.15) is 0 Å². The lowest BCUT2D eigenvalue weighted by molar-refractivity contribution is -0.103. The van der Waals surface area contributed by atoms with E-state index < -0.39 is 0 Å². The Kier molecular flexibility index (Phi) is 2.75. The smallest absolute Gasteiger partial charge is 0.0728 e. The molecule has 2 bridgehead atoms. The van der Waals surface area contributed by atoms with E-state index in [0.717, 1.165) is 18.9 Å². The zero-order chi connectivity index (χ0) is 11.2. The molecule has 3 atom stereocenters. The van der Waals surface area contributed by atoms with Gasteiger partial charge in [-0.05, 0) is 44.1 Å². The fraction of sp³-hybridized carbons (Fsp3) is 1.00. The lowest BCUT2D eigenvalue weighted by Gasteiger charge is -2.46. The maximum absolute atomic E-state index is 11.0. The van der Waals surface area contributed by atoms with Crippen LogP contribution in [0.3, 0.4) is 0 Å². The lowest BCUT2D eigenvalue weighted by Crippen LogP contribution is -2.52. The first kappa shape index (κ1) is 11.0. The quantitative estimate of drug-likeness (QED) is 0.737. The molecule has 3 aliphatic rings. The highest BCUT2D eigenvalue weighted by atomic mass is 16.3. The number of aliphatic hydroxyl groups is 1. The van der Waals surface area contributed by atoms with Gasteiger partial charge in [-0.1, -0.05) is 19.8 Å². The fourth-order valence-electron chi connectivity index (χ4n) is 4.28. The number of rotatable bonds is 1.